The van der Waals surface area contributed by atoms with Crippen LogP contribution in [0.2, 0.25) is 0 Å². The summed E-state index contributed by atoms with van der Waals surface area (Å²) >= 11 is 0. The lowest BCUT2D eigenvalue weighted by molar-refractivity contribution is -0.151. The van der Waals surface area contributed by atoms with Crippen LogP contribution in [-0.2, 0) is 9.53 Å². The summed E-state index contributed by atoms with van der Waals surface area (Å²) in [5, 5.41) is 17.9. The Bertz CT molecular complexity index is 254. The van der Waals surface area contributed by atoms with Gasteiger partial charge in [-0.05, 0) is 12.8 Å². The van der Waals surface area contributed by atoms with Crippen LogP contribution in [-0.4, -0.2) is 53.0 Å². The number of ether oxygens (including phenoxy) is 1. The van der Waals surface area contributed by atoms with Gasteiger partial charge in [-0.3, -0.25) is 4.90 Å². The van der Waals surface area contributed by atoms with E-state index in [1.165, 1.54) is 7.11 Å². The van der Waals surface area contributed by atoms with Crippen molar-refractivity contribution in [1.29, 1.82) is 0 Å². The maximum Gasteiger partial charge on any atom is 0.408 e. The lowest BCUT2D eigenvalue weighted by atomic mass is 9.98. The molecule has 0 aromatic carbocycles. The zero-order valence-electron chi connectivity index (χ0n) is 7.89. The Morgan fingerprint density at radius 1 is 1.50 bits per heavy atom. The van der Waals surface area contributed by atoms with Gasteiger partial charge in [-0.25, -0.2) is 9.59 Å². The maximum atomic E-state index is 11.0. The molecule has 1 fully saturated rings. The third kappa shape index (κ3) is 1.52. The number of methoxy groups -OCH3 is 1. The smallest absolute Gasteiger partial charge is 0.408 e. The van der Waals surface area contributed by atoms with Gasteiger partial charge in [0.05, 0.1) is 6.61 Å². The minimum atomic E-state index is -1.39. The number of carbonyl (C=O) groups is 2. The first-order valence-corrected chi connectivity index (χ1v) is 4.27. The maximum absolute atomic E-state index is 11.0. The average molecular weight is 203 g/mol. The van der Waals surface area contributed by atoms with Gasteiger partial charge >= 0.3 is 12.1 Å². The van der Waals surface area contributed by atoms with E-state index in [1.54, 1.807) is 0 Å². The van der Waals surface area contributed by atoms with Gasteiger partial charge in [-0.1, -0.05) is 0 Å². The molecule has 1 aliphatic rings. The Balaban J connectivity index is 2.95. The molecule has 0 unspecified atom stereocenters. The molecule has 0 radical (unpaired) electrons. The highest BCUT2D eigenvalue weighted by molar-refractivity contribution is 5.84. The molecule has 0 saturated carbocycles. The molecule has 1 amide bonds. The minimum absolute atomic E-state index is 0.103. The van der Waals surface area contributed by atoms with Gasteiger partial charge in [0.15, 0.2) is 5.54 Å². The molecule has 0 aromatic heterocycles. The molecule has 1 saturated heterocycles. The highest BCUT2D eigenvalue weighted by Crippen LogP contribution is 2.30. The predicted molar refractivity (Wildman–Crippen MR) is 46.2 cm³/mol. The average Bonchev–Trinajstić information content (AvgIpc) is 2.50. The van der Waals surface area contributed by atoms with E-state index in [0.29, 0.717) is 12.8 Å². The third-order valence-electron chi connectivity index (χ3n) is 2.50. The Labute approximate surface area is 81.1 Å². The van der Waals surface area contributed by atoms with Crippen LogP contribution in [0, 0.1) is 0 Å². The molecule has 1 heterocycles. The van der Waals surface area contributed by atoms with Crippen LogP contribution >= 0.6 is 0 Å². The quantitative estimate of drug-likeness (QED) is 0.685. The van der Waals surface area contributed by atoms with E-state index in [-0.39, 0.29) is 13.2 Å². The van der Waals surface area contributed by atoms with E-state index in [0.717, 1.165) is 4.90 Å². The van der Waals surface area contributed by atoms with Crippen molar-refractivity contribution in [3.05, 3.63) is 0 Å². The van der Waals surface area contributed by atoms with Gasteiger partial charge in [0.1, 0.15) is 0 Å². The first-order chi connectivity index (χ1) is 6.54. The second kappa shape index (κ2) is 3.83. The molecule has 0 aliphatic carbocycles. The number of aliphatic carboxylic acids is 1. The molecule has 14 heavy (non-hydrogen) atoms. The van der Waals surface area contributed by atoms with E-state index >= 15 is 0 Å². The van der Waals surface area contributed by atoms with E-state index in [1.807, 2.05) is 0 Å². The summed E-state index contributed by atoms with van der Waals surface area (Å²) in [6, 6.07) is 0. The number of likely N-dealkylation sites (tertiary alicyclic amines) is 1. The van der Waals surface area contributed by atoms with Crippen LogP contribution in [0.25, 0.3) is 0 Å². The molecular weight excluding hydrogens is 190 g/mol. The summed E-state index contributed by atoms with van der Waals surface area (Å²) in [5.41, 5.74) is -1.39. The number of carboxylic acid groups (broad SMARTS) is 2. The van der Waals surface area contributed by atoms with Crippen LogP contribution in [0.4, 0.5) is 4.79 Å². The molecule has 80 valence electrons. The topological polar surface area (TPSA) is 87.1 Å². The molecule has 2 N–H and O–H groups in total. The van der Waals surface area contributed by atoms with Crippen LogP contribution in [0.5, 0.6) is 0 Å². The molecule has 0 spiro atoms. The molecule has 1 atom stereocenters. The van der Waals surface area contributed by atoms with Crippen molar-refractivity contribution < 1.29 is 24.5 Å². The fourth-order valence-corrected chi connectivity index (χ4v) is 1.83. The number of amides is 1. The number of hydrogen-bond donors (Lipinski definition) is 2. The largest absolute Gasteiger partial charge is 0.479 e. The summed E-state index contributed by atoms with van der Waals surface area (Å²) in [6.07, 6.45) is -0.341. The van der Waals surface area contributed by atoms with Crippen molar-refractivity contribution in [2.24, 2.45) is 0 Å². The Kier molecular flexibility index (Phi) is 2.95. The summed E-state index contributed by atoms with van der Waals surface area (Å²) in [4.78, 5) is 22.8. The minimum Gasteiger partial charge on any atom is -0.479 e. The van der Waals surface area contributed by atoms with Gasteiger partial charge < -0.3 is 14.9 Å². The summed E-state index contributed by atoms with van der Waals surface area (Å²) in [6.45, 7) is 0.152. The first kappa shape index (κ1) is 10.8. The number of nitrogens with zero attached hydrogens (tertiary/aromatic N) is 1. The SMILES string of the molecule is COC[C@@]1(C(=O)O)CCCN1C(=O)O. The van der Waals surface area contributed by atoms with Gasteiger partial charge in [-0.15, -0.1) is 0 Å². The van der Waals surface area contributed by atoms with E-state index in [9.17, 15) is 9.59 Å². The zero-order valence-corrected chi connectivity index (χ0v) is 7.89. The molecule has 1 aliphatic heterocycles. The Morgan fingerprint density at radius 2 is 2.14 bits per heavy atom. The first-order valence-electron chi connectivity index (χ1n) is 4.27. The fourth-order valence-electron chi connectivity index (χ4n) is 1.83. The van der Waals surface area contributed by atoms with Crippen molar-refractivity contribution in [1.82, 2.24) is 4.90 Å². The highest BCUT2D eigenvalue weighted by Gasteiger charge is 2.50. The van der Waals surface area contributed by atoms with Crippen LogP contribution in [0.1, 0.15) is 12.8 Å². The molecule has 6 heteroatoms. The second-order valence-corrected chi connectivity index (χ2v) is 3.31. The molecule has 0 bridgehead atoms. The van der Waals surface area contributed by atoms with Crippen LogP contribution in [0.15, 0.2) is 0 Å². The lowest BCUT2D eigenvalue weighted by Crippen LogP contribution is -2.55. The number of rotatable bonds is 3. The van der Waals surface area contributed by atoms with Crippen LogP contribution in [0.3, 0.4) is 0 Å². The molecule has 1 rings (SSSR count). The van der Waals surface area contributed by atoms with Crippen molar-refractivity contribution >= 4 is 12.1 Å². The van der Waals surface area contributed by atoms with E-state index < -0.39 is 17.6 Å². The van der Waals surface area contributed by atoms with Crippen LogP contribution < -0.4 is 0 Å². The van der Waals surface area contributed by atoms with E-state index in [4.69, 9.17) is 14.9 Å². The summed E-state index contributed by atoms with van der Waals surface area (Å²) in [7, 11) is 1.36. The number of carboxylic acids is 1. The van der Waals surface area contributed by atoms with Gasteiger partial charge in [-0.2, -0.15) is 0 Å². The van der Waals surface area contributed by atoms with E-state index in [2.05, 4.69) is 0 Å². The summed E-state index contributed by atoms with van der Waals surface area (Å²) < 4.78 is 4.78. The standard InChI is InChI=1S/C8H13NO5/c1-14-5-8(6(10)11)3-2-4-9(8)7(12)13/h2-5H2,1H3,(H,10,11)(H,12,13)/t8-/m1/s1. The van der Waals surface area contributed by atoms with Crippen molar-refractivity contribution in [2.75, 3.05) is 20.3 Å². The summed E-state index contributed by atoms with van der Waals surface area (Å²) in [5.74, 6) is -1.14. The fraction of sp³-hybridized carbons (Fsp3) is 0.750. The van der Waals surface area contributed by atoms with Crippen molar-refractivity contribution in [3.8, 4) is 0 Å². The van der Waals surface area contributed by atoms with Gasteiger partial charge in [0.2, 0.25) is 0 Å². The highest BCUT2D eigenvalue weighted by atomic mass is 16.5. The zero-order chi connectivity index (χ0) is 10.8. The Hall–Kier alpha value is -1.30. The molecule has 6 nitrogen and oxygen atoms in total. The van der Waals surface area contributed by atoms with Gasteiger partial charge in [0, 0.05) is 13.7 Å². The van der Waals surface area contributed by atoms with Crippen molar-refractivity contribution in [3.63, 3.8) is 0 Å². The Morgan fingerprint density at radius 3 is 2.57 bits per heavy atom. The van der Waals surface area contributed by atoms with Gasteiger partial charge in [0.25, 0.3) is 0 Å². The predicted octanol–water partition coefficient (Wildman–Crippen LogP) is 0.230. The second-order valence-electron chi connectivity index (χ2n) is 3.31. The third-order valence-corrected chi connectivity index (χ3v) is 2.50. The lowest BCUT2D eigenvalue weighted by Gasteiger charge is -2.31. The molecule has 0 aromatic rings. The normalized spacial score (nSPS) is 26.5. The van der Waals surface area contributed by atoms with Crippen molar-refractivity contribution in [2.45, 2.75) is 18.4 Å². The monoisotopic (exact) mass is 203 g/mol. The molecular formula is C8H13NO5. The number of hydrogen-bond acceptors (Lipinski definition) is 3.